The highest BCUT2D eigenvalue weighted by molar-refractivity contribution is 4.72. The summed E-state index contributed by atoms with van der Waals surface area (Å²) in [4.78, 5) is 4.70. The minimum absolute atomic E-state index is 0.338. The summed E-state index contributed by atoms with van der Waals surface area (Å²) in [6.07, 6.45) is 3.06. The number of hydrogen-bond acceptors (Lipinski definition) is 3. The van der Waals surface area contributed by atoms with E-state index in [4.69, 9.17) is 4.74 Å². The van der Waals surface area contributed by atoms with Gasteiger partial charge in [0.15, 0.2) is 0 Å². The lowest BCUT2D eigenvalue weighted by molar-refractivity contribution is 0.0155. The Balaban J connectivity index is 2.12. The second kappa shape index (κ2) is 6.46. The van der Waals surface area contributed by atoms with Crippen LogP contribution in [0.25, 0.3) is 0 Å². The molecule has 0 aromatic carbocycles. The van der Waals surface area contributed by atoms with Gasteiger partial charge >= 0.3 is 0 Å². The maximum Gasteiger partial charge on any atom is 0.0674 e. The van der Waals surface area contributed by atoms with Crippen LogP contribution >= 0.6 is 0 Å². The Morgan fingerprint density at radius 3 is 2.33 bits per heavy atom. The molecule has 0 bridgehead atoms. The van der Waals surface area contributed by atoms with Gasteiger partial charge in [0.25, 0.3) is 0 Å². The van der Waals surface area contributed by atoms with Gasteiger partial charge in [-0.2, -0.15) is 0 Å². The molecule has 0 aliphatic carbocycles. The zero-order valence-corrected chi connectivity index (χ0v) is 10.7. The van der Waals surface area contributed by atoms with Gasteiger partial charge in [-0.05, 0) is 53.9 Å². The largest absolute Gasteiger partial charge is 0.376 e. The van der Waals surface area contributed by atoms with Crippen molar-refractivity contribution in [2.24, 2.45) is 0 Å². The fourth-order valence-corrected chi connectivity index (χ4v) is 2.16. The van der Waals surface area contributed by atoms with E-state index in [0.29, 0.717) is 12.1 Å². The number of likely N-dealkylation sites (N-methyl/N-ethyl adjacent to an activating group) is 1. The molecule has 1 aliphatic heterocycles. The average Bonchev–Trinajstić information content (AvgIpc) is 2.65. The SMILES string of the molecule is CC(CN(C)C)OCC(C)N1CCCC1. The van der Waals surface area contributed by atoms with Crippen LogP contribution in [0.2, 0.25) is 0 Å². The summed E-state index contributed by atoms with van der Waals surface area (Å²) in [6, 6.07) is 0.581. The molecule has 1 heterocycles. The van der Waals surface area contributed by atoms with Crippen LogP contribution in [-0.2, 0) is 4.74 Å². The van der Waals surface area contributed by atoms with Gasteiger partial charge < -0.3 is 9.64 Å². The molecule has 0 spiro atoms. The summed E-state index contributed by atoms with van der Waals surface area (Å²) >= 11 is 0. The Labute approximate surface area is 94.4 Å². The van der Waals surface area contributed by atoms with E-state index in [2.05, 4.69) is 37.7 Å². The molecule has 1 aliphatic rings. The molecule has 0 aromatic rings. The highest BCUT2D eigenvalue weighted by Gasteiger charge is 2.18. The third kappa shape index (κ3) is 4.96. The van der Waals surface area contributed by atoms with E-state index in [-0.39, 0.29) is 0 Å². The Morgan fingerprint density at radius 1 is 1.20 bits per heavy atom. The van der Waals surface area contributed by atoms with Gasteiger partial charge in [0.1, 0.15) is 0 Å². The smallest absolute Gasteiger partial charge is 0.0674 e. The van der Waals surface area contributed by atoms with Gasteiger partial charge in [-0.15, -0.1) is 0 Å². The zero-order valence-electron chi connectivity index (χ0n) is 10.7. The molecule has 15 heavy (non-hydrogen) atoms. The monoisotopic (exact) mass is 214 g/mol. The molecule has 3 nitrogen and oxygen atoms in total. The van der Waals surface area contributed by atoms with E-state index in [9.17, 15) is 0 Å². The third-order valence-corrected chi connectivity index (χ3v) is 3.01. The number of ether oxygens (including phenoxy) is 1. The first-order chi connectivity index (χ1) is 7.09. The van der Waals surface area contributed by atoms with E-state index in [1.165, 1.54) is 25.9 Å². The molecule has 0 amide bonds. The van der Waals surface area contributed by atoms with E-state index in [1.54, 1.807) is 0 Å². The fraction of sp³-hybridized carbons (Fsp3) is 1.00. The third-order valence-electron chi connectivity index (χ3n) is 3.01. The minimum atomic E-state index is 0.338. The summed E-state index contributed by atoms with van der Waals surface area (Å²) in [7, 11) is 4.17. The molecular weight excluding hydrogens is 188 g/mol. The summed E-state index contributed by atoms with van der Waals surface area (Å²) < 4.78 is 5.84. The maximum absolute atomic E-state index is 5.84. The topological polar surface area (TPSA) is 15.7 Å². The van der Waals surface area contributed by atoms with Gasteiger partial charge in [0.05, 0.1) is 12.7 Å². The molecular formula is C12H26N2O. The molecule has 0 saturated carbocycles. The molecule has 2 atom stereocenters. The van der Waals surface area contributed by atoms with Crippen LogP contribution in [0.5, 0.6) is 0 Å². The van der Waals surface area contributed by atoms with Crippen molar-refractivity contribution in [1.82, 2.24) is 9.80 Å². The number of rotatable bonds is 6. The molecule has 0 N–H and O–H groups in total. The lowest BCUT2D eigenvalue weighted by atomic mass is 10.3. The molecule has 1 rings (SSSR count). The van der Waals surface area contributed by atoms with Crippen LogP contribution in [0.3, 0.4) is 0 Å². The van der Waals surface area contributed by atoms with Crippen molar-refractivity contribution in [3.05, 3.63) is 0 Å². The Morgan fingerprint density at radius 2 is 1.80 bits per heavy atom. The highest BCUT2D eigenvalue weighted by atomic mass is 16.5. The van der Waals surface area contributed by atoms with Crippen molar-refractivity contribution in [3.63, 3.8) is 0 Å². The van der Waals surface area contributed by atoms with Crippen molar-refractivity contribution < 1.29 is 4.74 Å². The quantitative estimate of drug-likeness (QED) is 0.665. The molecule has 3 heteroatoms. The maximum atomic E-state index is 5.84. The lowest BCUT2D eigenvalue weighted by Gasteiger charge is -2.26. The Bertz CT molecular complexity index is 167. The summed E-state index contributed by atoms with van der Waals surface area (Å²) in [5, 5.41) is 0. The first-order valence-electron chi connectivity index (χ1n) is 6.10. The molecule has 0 aromatic heterocycles. The van der Waals surface area contributed by atoms with Gasteiger partial charge in [-0.25, -0.2) is 0 Å². The Kier molecular flexibility index (Phi) is 5.58. The number of hydrogen-bond donors (Lipinski definition) is 0. The van der Waals surface area contributed by atoms with Crippen LogP contribution in [-0.4, -0.2) is 62.3 Å². The molecule has 90 valence electrons. The highest BCUT2D eigenvalue weighted by Crippen LogP contribution is 2.12. The molecule has 2 unspecified atom stereocenters. The first kappa shape index (κ1) is 12.9. The van der Waals surface area contributed by atoms with Crippen LogP contribution < -0.4 is 0 Å². The lowest BCUT2D eigenvalue weighted by Crippen LogP contribution is -2.36. The summed E-state index contributed by atoms with van der Waals surface area (Å²) in [5.74, 6) is 0. The van der Waals surface area contributed by atoms with Crippen LogP contribution in [0.15, 0.2) is 0 Å². The van der Waals surface area contributed by atoms with Crippen molar-refractivity contribution in [3.8, 4) is 0 Å². The van der Waals surface area contributed by atoms with Crippen molar-refractivity contribution in [1.29, 1.82) is 0 Å². The van der Waals surface area contributed by atoms with Crippen molar-refractivity contribution >= 4 is 0 Å². The van der Waals surface area contributed by atoms with Gasteiger partial charge in [-0.1, -0.05) is 0 Å². The normalized spacial score (nSPS) is 22.2. The predicted octanol–water partition coefficient (Wildman–Crippen LogP) is 1.44. The summed E-state index contributed by atoms with van der Waals surface area (Å²) in [6.45, 7) is 8.81. The van der Waals surface area contributed by atoms with Crippen molar-refractivity contribution in [2.75, 3.05) is 40.3 Å². The fourth-order valence-electron chi connectivity index (χ4n) is 2.16. The van der Waals surface area contributed by atoms with E-state index < -0.39 is 0 Å². The number of nitrogens with zero attached hydrogens (tertiary/aromatic N) is 2. The molecule has 1 saturated heterocycles. The standard InChI is InChI=1S/C12H26N2O/c1-11(14-7-5-6-8-14)10-15-12(2)9-13(3)4/h11-12H,5-10H2,1-4H3. The zero-order chi connectivity index (χ0) is 11.3. The van der Waals surface area contributed by atoms with Crippen LogP contribution in [0.4, 0.5) is 0 Å². The minimum Gasteiger partial charge on any atom is -0.376 e. The van der Waals surface area contributed by atoms with Crippen molar-refractivity contribution in [2.45, 2.75) is 38.8 Å². The van der Waals surface area contributed by atoms with E-state index >= 15 is 0 Å². The van der Waals surface area contributed by atoms with Gasteiger partial charge in [0.2, 0.25) is 0 Å². The number of likely N-dealkylation sites (tertiary alicyclic amines) is 1. The van der Waals surface area contributed by atoms with Crippen LogP contribution in [0, 0.1) is 0 Å². The van der Waals surface area contributed by atoms with E-state index in [1.807, 2.05) is 0 Å². The Hall–Kier alpha value is -0.120. The second-order valence-electron chi connectivity index (χ2n) is 5.00. The first-order valence-corrected chi connectivity index (χ1v) is 6.10. The van der Waals surface area contributed by atoms with Crippen LogP contribution in [0.1, 0.15) is 26.7 Å². The second-order valence-corrected chi connectivity index (χ2v) is 5.00. The van der Waals surface area contributed by atoms with Gasteiger partial charge in [0, 0.05) is 12.6 Å². The average molecular weight is 214 g/mol. The molecule has 1 fully saturated rings. The molecule has 0 radical (unpaired) electrons. The summed E-state index contributed by atoms with van der Waals surface area (Å²) in [5.41, 5.74) is 0. The predicted molar refractivity (Wildman–Crippen MR) is 64.2 cm³/mol. The van der Waals surface area contributed by atoms with E-state index in [0.717, 1.165) is 13.2 Å². The van der Waals surface area contributed by atoms with Gasteiger partial charge in [-0.3, -0.25) is 4.90 Å².